The highest BCUT2D eigenvalue weighted by atomic mass is 79.9. The molecule has 5 heteroatoms. The number of hydrogen-bond donors (Lipinski definition) is 1. The molecule has 0 aliphatic rings. The third-order valence-electron chi connectivity index (χ3n) is 3.04. The van der Waals surface area contributed by atoms with Crippen molar-refractivity contribution in [2.45, 2.75) is 19.5 Å². The molecular formula is C14H18BrN3O. The molecule has 1 unspecified atom stereocenters. The average Bonchev–Trinajstić information content (AvgIpc) is 2.76. The Morgan fingerprint density at radius 2 is 2.16 bits per heavy atom. The number of aromatic nitrogens is 1. The Balaban J connectivity index is 2.11. The Bertz CT molecular complexity index is 541. The second-order valence-corrected chi connectivity index (χ2v) is 5.36. The molecule has 0 saturated heterocycles. The highest BCUT2D eigenvalue weighted by Crippen LogP contribution is 2.24. The molecule has 0 aromatic carbocycles. The van der Waals surface area contributed by atoms with Crippen LogP contribution in [0.5, 0.6) is 0 Å². The predicted molar refractivity (Wildman–Crippen MR) is 78.6 cm³/mol. The Labute approximate surface area is 121 Å². The van der Waals surface area contributed by atoms with E-state index < -0.39 is 0 Å². The summed E-state index contributed by atoms with van der Waals surface area (Å²) in [7, 11) is 2.03. The molecule has 0 spiro atoms. The maximum absolute atomic E-state index is 5.86. The van der Waals surface area contributed by atoms with Gasteiger partial charge in [-0.3, -0.25) is 9.88 Å². The summed E-state index contributed by atoms with van der Waals surface area (Å²) in [6, 6.07) is 9.92. The van der Waals surface area contributed by atoms with Crippen molar-refractivity contribution in [2.24, 2.45) is 5.73 Å². The molecule has 2 aromatic rings. The minimum Gasteiger partial charge on any atom is -0.453 e. The molecular weight excluding hydrogens is 306 g/mol. The van der Waals surface area contributed by atoms with Crippen LogP contribution in [0.4, 0.5) is 0 Å². The van der Waals surface area contributed by atoms with Gasteiger partial charge in [0, 0.05) is 18.8 Å². The summed E-state index contributed by atoms with van der Waals surface area (Å²) >= 11 is 3.32. The summed E-state index contributed by atoms with van der Waals surface area (Å²) in [6.45, 7) is 3.23. The SMILES string of the molecule is Cc1cccc(CN(C)C(CN)c2ccc(Br)o2)n1. The van der Waals surface area contributed by atoms with Crippen LogP contribution in [0.1, 0.15) is 23.2 Å². The van der Waals surface area contributed by atoms with Crippen LogP contribution in [-0.2, 0) is 6.54 Å². The smallest absolute Gasteiger partial charge is 0.169 e. The standard InChI is InChI=1S/C14H18BrN3O/c1-10-4-3-5-11(17-10)9-18(2)12(8-16)13-6-7-14(15)19-13/h3-7,12H,8-9,16H2,1-2H3. The van der Waals surface area contributed by atoms with E-state index >= 15 is 0 Å². The Kier molecular flexibility index (Phi) is 4.74. The van der Waals surface area contributed by atoms with E-state index in [0.717, 1.165) is 28.4 Å². The van der Waals surface area contributed by atoms with Gasteiger partial charge in [0.1, 0.15) is 5.76 Å². The first-order chi connectivity index (χ1) is 9.10. The van der Waals surface area contributed by atoms with Crippen molar-refractivity contribution in [1.82, 2.24) is 9.88 Å². The molecule has 102 valence electrons. The lowest BCUT2D eigenvalue weighted by Crippen LogP contribution is -2.30. The number of nitrogens with two attached hydrogens (primary N) is 1. The molecule has 2 N–H and O–H groups in total. The molecule has 0 radical (unpaired) electrons. The molecule has 1 atom stereocenters. The first kappa shape index (κ1) is 14.2. The van der Waals surface area contributed by atoms with Gasteiger partial charge in [0.25, 0.3) is 0 Å². The van der Waals surface area contributed by atoms with Gasteiger partial charge in [-0.2, -0.15) is 0 Å². The fraction of sp³-hybridized carbons (Fsp3) is 0.357. The molecule has 0 amide bonds. The number of furan rings is 1. The molecule has 2 heterocycles. The van der Waals surface area contributed by atoms with E-state index in [-0.39, 0.29) is 6.04 Å². The summed E-state index contributed by atoms with van der Waals surface area (Å²) in [5.74, 6) is 0.865. The van der Waals surface area contributed by atoms with Crippen molar-refractivity contribution < 1.29 is 4.42 Å². The highest BCUT2D eigenvalue weighted by molar-refractivity contribution is 9.10. The van der Waals surface area contributed by atoms with Crippen LogP contribution in [0.2, 0.25) is 0 Å². The van der Waals surface area contributed by atoms with E-state index in [0.29, 0.717) is 6.54 Å². The summed E-state index contributed by atoms with van der Waals surface area (Å²) < 4.78 is 6.32. The number of rotatable bonds is 5. The van der Waals surface area contributed by atoms with Crippen LogP contribution >= 0.6 is 15.9 Å². The average molecular weight is 324 g/mol. The van der Waals surface area contributed by atoms with Gasteiger partial charge in [-0.15, -0.1) is 0 Å². The molecule has 4 nitrogen and oxygen atoms in total. The summed E-state index contributed by atoms with van der Waals surface area (Å²) in [6.07, 6.45) is 0. The topological polar surface area (TPSA) is 55.3 Å². The van der Waals surface area contributed by atoms with E-state index in [4.69, 9.17) is 10.2 Å². The fourth-order valence-corrected chi connectivity index (χ4v) is 2.39. The summed E-state index contributed by atoms with van der Waals surface area (Å²) in [5.41, 5.74) is 7.92. The third-order valence-corrected chi connectivity index (χ3v) is 3.46. The number of halogens is 1. The van der Waals surface area contributed by atoms with E-state index in [9.17, 15) is 0 Å². The molecule has 0 saturated carbocycles. The number of nitrogens with zero attached hydrogens (tertiary/aromatic N) is 2. The first-order valence-electron chi connectivity index (χ1n) is 6.18. The molecule has 0 bridgehead atoms. The lowest BCUT2D eigenvalue weighted by atomic mass is 10.2. The van der Waals surface area contributed by atoms with Crippen molar-refractivity contribution in [3.63, 3.8) is 0 Å². The van der Waals surface area contributed by atoms with Crippen molar-refractivity contribution in [3.05, 3.63) is 52.1 Å². The van der Waals surface area contributed by atoms with E-state index in [1.807, 2.05) is 44.3 Å². The Hall–Kier alpha value is -1.17. The molecule has 2 aromatic heterocycles. The van der Waals surface area contributed by atoms with Crippen LogP contribution in [0, 0.1) is 6.92 Å². The maximum atomic E-state index is 5.86. The number of pyridine rings is 1. The van der Waals surface area contributed by atoms with Gasteiger partial charge in [0.15, 0.2) is 4.67 Å². The van der Waals surface area contributed by atoms with Gasteiger partial charge < -0.3 is 10.2 Å². The largest absolute Gasteiger partial charge is 0.453 e. The second kappa shape index (κ2) is 6.32. The lowest BCUT2D eigenvalue weighted by molar-refractivity contribution is 0.209. The van der Waals surface area contributed by atoms with Crippen molar-refractivity contribution in [3.8, 4) is 0 Å². The van der Waals surface area contributed by atoms with E-state index in [2.05, 4.69) is 25.8 Å². The molecule has 0 fully saturated rings. The molecule has 19 heavy (non-hydrogen) atoms. The zero-order valence-electron chi connectivity index (χ0n) is 11.1. The quantitative estimate of drug-likeness (QED) is 0.919. The Morgan fingerprint density at radius 3 is 2.74 bits per heavy atom. The van der Waals surface area contributed by atoms with Gasteiger partial charge in [0.2, 0.25) is 0 Å². The second-order valence-electron chi connectivity index (χ2n) is 4.58. The van der Waals surface area contributed by atoms with Gasteiger partial charge in [-0.25, -0.2) is 0 Å². The third kappa shape index (κ3) is 3.65. The maximum Gasteiger partial charge on any atom is 0.169 e. The number of hydrogen-bond acceptors (Lipinski definition) is 4. The minimum absolute atomic E-state index is 0.0496. The van der Waals surface area contributed by atoms with Crippen LogP contribution in [-0.4, -0.2) is 23.5 Å². The number of likely N-dealkylation sites (N-methyl/N-ethyl adjacent to an activating group) is 1. The monoisotopic (exact) mass is 323 g/mol. The molecule has 0 aliphatic heterocycles. The molecule has 0 aliphatic carbocycles. The first-order valence-corrected chi connectivity index (χ1v) is 6.97. The van der Waals surface area contributed by atoms with Crippen molar-refractivity contribution >= 4 is 15.9 Å². The van der Waals surface area contributed by atoms with Crippen molar-refractivity contribution in [1.29, 1.82) is 0 Å². The van der Waals surface area contributed by atoms with Crippen molar-refractivity contribution in [2.75, 3.05) is 13.6 Å². The zero-order valence-corrected chi connectivity index (χ0v) is 12.7. The van der Waals surface area contributed by atoms with Gasteiger partial charge in [0.05, 0.1) is 11.7 Å². The lowest BCUT2D eigenvalue weighted by Gasteiger charge is -2.24. The van der Waals surface area contributed by atoms with Gasteiger partial charge >= 0.3 is 0 Å². The Morgan fingerprint density at radius 1 is 1.37 bits per heavy atom. The van der Waals surface area contributed by atoms with E-state index in [1.54, 1.807) is 0 Å². The highest BCUT2D eigenvalue weighted by Gasteiger charge is 2.19. The minimum atomic E-state index is 0.0496. The van der Waals surface area contributed by atoms with E-state index in [1.165, 1.54) is 0 Å². The normalized spacial score (nSPS) is 12.9. The summed E-state index contributed by atoms with van der Waals surface area (Å²) in [5, 5.41) is 0. The summed E-state index contributed by atoms with van der Waals surface area (Å²) in [4.78, 5) is 6.65. The number of aryl methyl sites for hydroxylation is 1. The van der Waals surface area contributed by atoms with Crippen LogP contribution in [0.25, 0.3) is 0 Å². The van der Waals surface area contributed by atoms with Crippen LogP contribution < -0.4 is 5.73 Å². The van der Waals surface area contributed by atoms with Crippen LogP contribution in [0.3, 0.4) is 0 Å². The van der Waals surface area contributed by atoms with Gasteiger partial charge in [-0.05, 0) is 54.2 Å². The van der Waals surface area contributed by atoms with Gasteiger partial charge in [-0.1, -0.05) is 6.07 Å². The zero-order chi connectivity index (χ0) is 13.8. The molecule has 2 rings (SSSR count). The van der Waals surface area contributed by atoms with Crippen LogP contribution in [0.15, 0.2) is 39.4 Å². The fourth-order valence-electron chi connectivity index (χ4n) is 2.07. The predicted octanol–water partition coefficient (Wildman–Crippen LogP) is 2.88.